The normalized spacial score (nSPS) is 11.4. The van der Waals surface area contributed by atoms with Crippen molar-refractivity contribution in [2.75, 3.05) is 12.8 Å². The first-order valence-corrected chi connectivity index (χ1v) is 7.10. The van der Waals surface area contributed by atoms with Crippen LogP contribution in [0.4, 0.5) is 5.69 Å². The van der Waals surface area contributed by atoms with Crippen LogP contribution in [0.15, 0.2) is 23.7 Å². The molecule has 0 aliphatic carbocycles. The number of aromatic nitrogens is 1. The van der Waals surface area contributed by atoms with Gasteiger partial charge in [-0.25, -0.2) is 14.8 Å². The number of benzene rings is 1. The van der Waals surface area contributed by atoms with Crippen LogP contribution in [0.2, 0.25) is 0 Å². The van der Waals surface area contributed by atoms with Crippen LogP contribution < -0.4 is 15.5 Å². The van der Waals surface area contributed by atoms with Crippen molar-refractivity contribution in [1.82, 2.24) is 4.98 Å². The van der Waals surface area contributed by atoms with Gasteiger partial charge in [0.25, 0.3) is 5.71 Å². The van der Waals surface area contributed by atoms with Gasteiger partial charge in [0, 0.05) is 5.69 Å². The number of aryl methyl sites for hydroxylation is 1. The highest BCUT2D eigenvalue weighted by atomic mass is 32.1. The zero-order valence-electron chi connectivity index (χ0n) is 11.7. The molecule has 0 fully saturated rings. The maximum absolute atomic E-state index is 11.2. The molecule has 1 aromatic heterocycles. The van der Waals surface area contributed by atoms with Crippen LogP contribution in [0.3, 0.4) is 0 Å². The lowest BCUT2D eigenvalue weighted by Crippen LogP contribution is -2.70. The molecule has 0 saturated carbocycles. The molecule has 0 unspecified atom stereocenters. The second-order valence-corrected chi connectivity index (χ2v) is 5.27. The number of carboxylic acids is 1. The molecule has 0 atom stereocenters. The zero-order chi connectivity index (χ0) is 15.4. The summed E-state index contributed by atoms with van der Waals surface area (Å²) in [7, 11) is 1.54. The number of carbonyl (C=O) groups is 1. The summed E-state index contributed by atoms with van der Waals surface area (Å²) < 4.78 is 5.68. The van der Waals surface area contributed by atoms with E-state index in [2.05, 4.69) is 9.98 Å². The van der Waals surface area contributed by atoms with E-state index in [4.69, 9.17) is 15.6 Å². The number of ether oxygens (including phenoxy) is 1. The predicted octanol–water partition coefficient (Wildman–Crippen LogP) is 0.197. The van der Waals surface area contributed by atoms with Crippen molar-refractivity contribution in [3.63, 3.8) is 0 Å². The number of nitrogens with two attached hydrogens (primary N) is 1. The van der Waals surface area contributed by atoms with E-state index >= 15 is 0 Å². The summed E-state index contributed by atoms with van der Waals surface area (Å²) in [5.41, 5.74) is 9.35. The lowest BCUT2D eigenvalue weighted by Gasteiger charge is -2.08. The molecular formula is C14H16N3O3S+. The molecule has 2 aromatic rings. The van der Waals surface area contributed by atoms with Crippen molar-refractivity contribution in [3.05, 3.63) is 39.8 Å². The summed E-state index contributed by atoms with van der Waals surface area (Å²) in [6.45, 7) is 2.31. The third-order valence-electron chi connectivity index (χ3n) is 2.97. The Morgan fingerprint density at radius 2 is 2.29 bits per heavy atom. The smallest absolute Gasteiger partial charge is 0.401 e. The number of thiazole rings is 1. The Morgan fingerprint density at radius 3 is 2.86 bits per heavy atom. The molecule has 7 heteroatoms. The Kier molecular flexibility index (Phi) is 4.54. The minimum absolute atomic E-state index is 0.0342. The number of nitrogens with zero attached hydrogens (tertiary/aromatic N) is 1. The van der Waals surface area contributed by atoms with Crippen molar-refractivity contribution < 1.29 is 19.6 Å². The van der Waals surface area contributed by atoms with Gasteiger partial charge in [-0.1, -0.05) is 0 Å². The van der Waals surface area contributed by atoms with Crippen LogP contribution in [0.25, 0.3) is 0 Å². The number of anilines is 1. The first-order chi connectivity index (χ1) is 10.0. The van der Waals surface area contributed by atoms with Gasteiger partial charge in [-0.2, -0.15) is 0 Å². The van der Waals surface area contributed by atoms with Gasteiger partial charge in [-0.3, -0.25) is 0 Å². The molecule has 21 heavy (non-hydrogen) atoms. The largest absolute Gasteiger partial charge is 0.488 e. The van der Waals surface area contributed by atoms with E-state index in [9.17, 15) is 4.79 Å². The van der Waals surface area contributed by atoms with Crippen LogP contribution >= 0.6 is 11.3 Å². The number of carboxylic acid groups (broad SMARTS) is 1. The Morgan fingerprint density at radius 1 is 1.52 bits per heavy atom. The SMILES string of the molecule is C[NH+]=C(C(=O)O)c1cc(OCc2scnc2C)ccc1N. The molecule has 0 saturated heterocycles. The van der Waals surface area contributed by atoms with Gasteiger partial charge >= 0.3 is 5.97 Å². The Bertz CT molecular complexity index is 695. The fourth-order valence-corrected chi connectivity index (χ4v) is 2.50. The maximum atomic E-state index is 11.2. The van der Waals surface area contributed by atoms with Gasteiger partial charge in [0.15, 0.2) is 0 Å². The molecule has 1 heterocycles. The molecule has 0 bridgehead atoms. The third-order valence-corrected chi connectivity index (χ3v) is 3.88. The van der Waals surface area contributed by atoms with Crippen molar-refractivity contribution in [2.24, 2.45) is 0 Å². The minimum Gasteiger partial charge on any atom is -0.488 e. The molecule has 110 valence electrons. The van der Waals surface area contributed by atoms with Crippen LogP contribution in [0.5, 0.6) is 5.75 Å². The Hall–Kier alpha value is -2.41. The van der Waals surface area contributed by atoms with Crippen LogP contribution in [-0.4, -0.2) is 28.8 Å². The van der Waals surface area contributed by atoms with E-state index < -0.39 is 5.97 Å². The van der Waals surface area contributed by atoms with E-state index in [0.29, 0.717) is 23.6 Å². The van der Waals surface area contributed by atoms with Gasteiger partial charge in [-0.05, 0) is 25.1 Å². The summed E-state index contributed by atoms with van der Waals surface area (Å²) in [6.07, 6.45) is 0. The van der Waals surface area contributed by atoms with E-state index in [0.717, 1.165) is 10.6 Å². The van der Waals surface area contributed by atoms with Gasteiger partial charge in [0.1, 0.15) is 19.4 Å². The standard InChI is InChI=1S/C14H15N3O3S/c1-8-12(21-7-17-8)6-20-9-3-4-11(15)10(5-9)13(16-2)14(18)19/h3-5,7H,6,15H2,1-2H3,(H,18,19)/p+1. The van der Waals surface area contributed by atoms with Gasteiger partial charge in [0.05, 0.1) is 21.6 Å². The lowest BCUT2D eigenvalue weighted by molar-refractivity contribution is -0.418. The number of hydrogen-bond acceptors (Lipinski definition) is 5. The Labute approximate surface area is 125 Å². The fourth-order valence-electron chi connectivity index (χ4n) is 1.81. The molecule has 6 nitrogen and oxygen atoms in total. The molecule has 1 aromatic carbocycles. The molecular weight excluding hydrogens is 290 g/mol. The number of rotatable bonds is 5. The monoisotopic (exact) mass is 306 g/mol. The predicted molar refractivity (Wildman–Crippen MR) is 80.7 cm³/mol. The third kappa shape index (κ3) is 3.38. The average Bonchev–Trinajstić information content (AvgIpc) is 2.85. The fraction of sp³-hybridized carbons (Fsp3) is 0.214. The van der Waals surface area contributed by atoms with Crippen molar-refractivity contribution in [2.45, 2.75) is 13.5 Å². The lowest BCUT2D eigenvalue weighted by atomic mass is 10.1. The number of nitrogens with one attached hydrogen (secondary N) is 1. The van der Waals surface area contributed by atoms with E-state index in [1.165, 1.54) is 18.4 Å². The van der Waals surface area contributed by atoms with Crippen molar-refractivity contribution in [3.8, 4) is 5.75 Å². The Balaban J connectivity index is 2.23. The van der Waals surface area contributed by atoms with E-state index in [1.807, 2.05) is 6.92 Å². The highest BCUT2D eigenvalue weighted by Gasteiger charge is 2.21. The summed E-state index contributed by atoms with van der Waals surface area (Å²) in [5.74, 6) is -0.513. The van der Waals surface area contributed by atoms with Crippen LogP contribution in [-0.2, 0) is 11.4 Å². The molecule has 4 N–H and O–H groups in total. The number of nitrogen functional groups attached to an aromatic ring is 1. The van der Waals surface area contributed by atoms with Crippen molar-refractivity contribution >= 4 is 28.7 Å². The zero-order valence-corrected chi connectivity index (χ0v) is 12.5. The summed E-state index contributed by atoms with van der Waals surface area (Å²) in [6, 6.07) is 4.96. The van der Waals surface area contributed by atoms with E-state index in [-0.39, 0.29) is 5.71 Å². The minimum atomic E-state index is -1.07. The summed E-state index contributed by atoms with van der Waals surface area (Å²) in [4.78, 5) is 19.0. The average molecular weight is 306 g/mol. The summed E-state index contributed by atoms with van der Waals surface area (Å²) >= 11 is 1.52. The number of aliphatic carboxylic acids is 1. The van der Waals surface area contributed by atoms with Gasteiger partial charge in [-0.15, -0.1) is 11.3 Å². The summed E-state index contributed by atoms with van der Waals surface area (Å²) in [5, 5.41) is 9.16. The van der Waals surface area contributed by atoms with Crippen molar-refractivity contribution in [1.29, 1.82) is 0 Å². The molecule has 2 rings (SSSR count). The molecule has 0 spiro atoms. The van der Waals surface area contributed by atoms with Crippen LogP contribution in [0, 0.1) is 6.92 Å². The molecule has 0 radical (unpaired) electrons. The first kappa shape index (κ1) is 15.0. The van der Waals surface area contributed by atoms with Crippen LogP contribution in [0.1, 0.15) is 16.1 Å². The van der Waals surface area contributed by atoms with E-state index in [1.54, 1.807) is 23.7 Å². The molecule has 0 aliphatic rings. The highest BCUT2D eigenvalue weighted by molar-refractivity contribution is 7.09. The quantitative estimate of drug-likeness (QED) is 0.541. The molecule has 0 aliphatic heterocycles. The second-order valence-electron chi connectivity index (χ2n) is 4.33. The van der Waals surface area contributed by atoms with Gasteiger partial charge < -0.3 is 15.6 Å². The molecule has 0 amide bonds. The highest BCUT2D eigenvalue weighted by Crippen LogP contribution is 2.22. The number of hydrogen-bond donors (Lipinski definition) is 3. The van der Waals surface area contributed by atoms with Gasteiger partial charge in [0.2, 0.25) is 0 Å². The first-order valence-electron chi connectivity index (χ1n) is 6.22. The maximum Gasteiger partial charge on any atom is 0.401 e. The topological polar surface area (TPSA) is 99.4 Å². The second kappa shape index (κ2) is 6.36.